The molecule has 0 N–H and O–H groups in total. The average molecular weight is 381 g/mol. The minimum Gasteiger partial charge on any atom is -0.403 e. The highest BCUT2D eigenvalue weighted by molar-refractivity contribution is 7.15. The summed E-state index contributed by atoms with van der Waals surface area (Å²) in [4.78, 5) is 27.1. The Labute approximate surface area is 159 Å². The summed E-state index contributed by atoms with van der Waals surface area (Å²) in [5.41, 5.74) is 1.05. The highest BCUT2D eigenvalue weighted by atomic mass is 32.1. The van der Waals surface area contributed by atoms with Crippen molar-refractivity contribution in [1.29, 1.82) is 0 Å². The SMILES string of the molecule is CN1CCCN(c2ccc3cc(-c4cn5ccsc5n4)c(=O)oc3n2)CC1. The summed E-state index contributed by atoms with van der Waals surface area (Å²) in [6.07, 6.45) is 4.86. The Morgan fingerprint density at radius 2 is 2.07 bits per heavy atom. The van der Waals surface area contributed by atoms with Gasteiger partial charge in [0.1, 0.15) is 5.82 Å². The van der Waals surface area contributed by atoms with Crippen LogP contribution in [0.1, 0.15) is 6.42 Å². The molecule has 8 heteroatoms. The molecule has 0 aromatic carbocycles. The van der Waals surface area contributed by atoms with E-state index in [9.17, 15) is 4.79 Å². The minimum absolute atomic E-state index is 0.375. The van der Waals surface area contributed by atoms with E-state index in [2.05, 4.69) is 26.8 Å². The Hall–Kier alpha value is -2.71. The van der Waals surface area contributed by atoms with Crippen molar-refractivity contribution in [2.75, 3.05) is 38.1 Å². The fourth-order valence-corrected chi connectivity index (χ4v) is 4.18. The first-order valence-corrected chi connectivity index (χ1v) is 9.86. The second-order valence-corrected chi connectivity index (χ2v) is 7.75. The molecule has 4 aromatic rings. The molecule has 27 heavy (non-hydrogen) atoms. The summed E-state index contributed by atoms with van der Waals surface area (Å²) in [5.74, 6) is 0.858. The van der Waals surface area contributed by atoms with Gasteiger partial charge in [-0.1, -0.05) is 0 Å². The lowest BCUT2D eigenvalue weighted by atomic mass is 10.2. The molecule has 1 aliphatic heterocycles. The van der Waals surface area contributed by atoms with Crippen molar-refractivity contribution in [2.24, 2.45) is 0 Å². The van der Waals surface area contributed by atoms with E-state index in [4.69, 9.17) is 4.42 Å². The number of fused-ring (bicyclic) bond motifs is 2. The first kappa shape index (κ1) is 16.5. The first-order chi connectivity index (χ1) is 13.2. The van der Waals surface area contributed by atoms with Crippen molar-refractivity contribution in [3.05, 3.63) is 46.4 Å². The normalized spacial score (nSPS) is 16.3. The van der Waals surface area contributed by atoms with Crippen molar-refractivity contribution >= 4 is 33.2 Å². The summed E-state index contributed by atoms with van der Waals surface area (Å²) < 4.78 is 7.46. The van der Waals surface area contributed by atoms with Crippen molar-refractivity contribution < 1.29 is 4.42 Å². The molecule has 1 aliphatic rings. The number of rotatable bonds is 2. The van der Waals surface area contributed by atoms with Crippen LogP contribution in [0.4, 0.5) is 5.82 Å². The smallest absolute Gasteiger partial charge is 0.347 e. The molecule has 0 radical (unpaired) electrons. The molecule has 4 aromatic heterocycles. The Morgan fingerprint density at radius 3 is 2.96 bits per heavy atom. The first-order valence-electron chi connectivity index (χ1n) is 8.98. The maximum absolute atomic E-state index is 12.5. The monoisotopic (exact) mass is 381 g/mol. The Kier molecular flexibility index (Phi) is 3.95. The predicted octanol–water partition coefficient (Wildman–Crippen LogP) is 2.71. The molecular weight excluding hydrogens is 362 g/mol. The van der Waals surface area contributed by atoms with E-state index in [1.54, 1.807) is 0 Å². The maximum Gasteiger partial charge on any atom is 0.347 e. The van der Waals surface area contributed by atoms with E-state index in [-0.39, 0.29) is 0 Å². The van der Waals surface area contributed by atoms with Gasteiger partial charge in [0.2, 0.25) is 5.71 Å². The number of hydrogen-bond acceptors (Lipinski definition) is 7. The largest absolute Gasteiger partial charge is 0.403 e. The zero-order chi connectivity index (χ0) is 18.4. The van der Waals surface area contributed by atoms with Crippen LogP contribution in [0.5, 0.6) is 0 Å². The Balaban J connectivity index is 1.53. The lowest BCUT2D eigenvalue weighted by molar-refractivity contribution is 0.360. The van der Waals surface area contributed by atoms with Crippen LogP contribution in [0.15, 0.2) is 45.2 Å². The quantitative estimate of drug-likeness (QED) is 0.532. The van der Waals surface area contributed by atoms with E-state index in [1.165, 1.54) is 11.3 Å². The molecule has 1 saturated heterocycles. The van der Waals surface area contributed by atoms with Gasteiger partial charge < -0.3 is 14.2 Å². The number of hydrogen-bond donors (Lipinski definition) is 0. The van der Waals surface area contributed by atoms with Crippen LogP contribution < -0.4 is 10.5 Å². The Bertz CT molecular complexity index is 1150. The van der Waals surface area contributed by atoms with Gasteiger partial charge in [-0.25, -0.2) is 9.78 Å². The zero-order valence-corrected chi connectivity index (χ0v) is 15.8. The standard InChI is InChI=1S/C19H19N5O2S/c1-22-5-2-6-23(8-7-22)16-4-3-13-11-14(18(25)26-17(13)21-16)15-12-24-9-10-27-19(24)20-15/h3-4,9-12H,2,5-8H2,1H3. The third-order valence-electron chi connectivity index (χ3n) is 5.00. The molecular formula is C19H19N5O2S. The number of imidazole rings is 1. The molecule has 0 atom stereocenters. The van der Waals surface area contributed by atoms with Crippen molar-refractivity contribution in [1.82, 2.24) is 19.3 Å². The number of aromatic nitrogens is 3. The summed E-state index contributed by atoms with van der Waals surface area (Å²) in [6.45, 7) is 3.96. The van der Waals surface area contributed by atoms with Gasteiger partial charge in [0.25, 0.3) is 0 Å². The van der Waals surface area contributed by atoms with E-state index in [1.807, 2.05) is 40.4 Å². The molecule has 0 bridgehead atoms. The molecule has 1 fully saturated rings. The third-order valence-corrected chi connectivity index (χ3v) is 5.77. The molecule has 0 spiro atoms. The highest BCUT2D eigenvalue weighted by Gasteiger charge is 2.16. The second-order valence-electron chi connectivity index (χ2n) is 6.87. The molecule has 5 heterocycles. The summed E-state index contributed by atoms with van der Waals surface area (Å²) in [7, 11) is 2.14. The summed E-state index contributed by atoms with van der Waals surface area (Å²) >= 11 is 1.53. The van der Waals surface area contributed by atoms with Gasteiger partial charge in [-0.3, -0.25) is 4.40 Å². The number of thiazole rings is 1. The molecule has 5 rings (SSSR count). The van der Waals surface area contributed by atoms with E-state index in [0.29, 0.717) is 17.0 Å². The van der Waals surface area contributed by atoms with E-state index < -0.39 is 5.63 Å². The lowest BCUT2D eigenvalue weighted by Gasteiger charge is -2.21. The van der Waals surface area contributed by atoms with Gasteiger partial charge in [-0.15, -0.1) is 11.3 Å². The maximum atomic E-state index is 12.5. The summed E-state index contributed by atoms with van der Waals surface area (Å²) in [6, 6.07) is 5.79. The van der Waals surface area contributed by atoms with Crippen LogP contribution in [-0.2, 0) is 0 Å². The molecule has 0 unspecified atom stereocenters. The molecule has 0 amide bonds. The van der Waals surface area contributed by atoms with Crippen LogP contribution in [-0.4, -0.2) is 52.5 Å². The van der Waals surface area contributed by atoms with Crippen LogP contribution in [0, 0.1) is 0 Å². The van der Waals surface area contributed by atoms with Crippen LogP contribution >= 0.6 is 11.3 Å². The lowest BCUT2D eigenvalue weighted by Crippen LogP contribution is -2.29. The van der Waals surface area contributed by atoms with Gasteiger partial charge in [0.05, 0.1) is 11.3 Å². The van der Waals surface area contributed by atoms with Crippen molar-refractivity contribution in [3.8, 4) is 11.3 Å². The van der Waals surface area contributed by atoms with Crippen molar-refractivity contribution in [2.45, 2.75) is 6.42 Å². The van der Waals surface area contributed by atoms with Gasteiger partial charge >= 0.3 is 5.63 Å². The fourth-order valence-electron chi connectivity index (χ4n) is 3.48. The third kappa shape index (κ3) is 3.00. The van der Waals surface area contributed by atoms with Crippen LogP contribution in [0.2, 0.25) is 0 Å². The Morgan fingerprint density at radius 1 is 1.15 bits per heavy atom. The van der Waals surface area contributed by atoms with E-state index >= 15 is 0 Å². The highest BCUT2D eigenvalue weighted by Crippen LogP contribution is 2.24. The van der Waals surface area contributed by atoms with Gasteiger partial charge in [0, 0.05) is 42.8 Å². The number of anilines is 1. The number of likely N-dealkylation sites (N-methyl/N-ethyl adjacent to an activating group) is 1. The minimum atomic E-state index is -0.409. The second kappa shape index (κ2) is 6.47. The fraction of sp³-hybridized carbons (Fsp3) is 0.316. The molecule has 0 aliphatic carbocycles. The number of pyridine rings is 1. The van der Waals surface area contributed by atoms with E-state index in [0.717, 1.165) is 48.8 Å². The molecule has 138 valence electrons. The molecule has 0 saturated carbocycles. The van der Waals surface area contributed by atoms with Crippen LogP contribution in [0.3, 0.4) is 0 Å². The predicted molar refractivity (Wildman–Crippen MR) is 107 cm³/mol. The van der Waals surface area contributed by atoms with Gasteiger partial charge in [-0.2, -0.15) is 4.98 Å². The van der Waals surface area contributed by atoms with Crippen LogP contribution in [0.25, 0.3) is 27.3 Å². The molecule has 7 nitrogen and oxygen atoms in total. The van der Waals surface area contributed by atoms with Gasteiger partial charge in [0.15, 0.2) is 4.96 Å². The van der Waals surface area contributed by atoms with Crippen molar-refractivity contribution in [3.63, 3.8) is 0 Å². The topological polar surface area (TPSA) is 66.9 Å². The number of nitrogens with zero attached hydrogens (tertiary/aromatic N) is 5. The van der Waals surface area contributed by atoms with Gasteiger partial charge in [-0.05, 0) is 38.2 Å². The zero-order valence-electron chi connectivity index (χ0n) is 15.0. The average Bonchev–Trinajstić information content (AvgIpc) is 3.18. The summed E-state index contributed by atoms with van der Waals surface area (Å²) in [5, 5.41) is 2.76.